The van der Waals surface area contributed by atoms with Gasteiger partial charge in [0.05, 0.1) is 0 Å². The Labute approximate surface area is 206 Å². The predicted molar refractivity (Wildman–Crippen MR) is 136 cm³/mol. The monoisotopic (exact) mass is 472 g/mol. The van der Waals surface area contributed by atoms with E-state index < -0.39 is 6.10 Å². The first-order valence-electron chi connectivity index (χ1n) is 12.4. The van der Waals surface area contributed by atoms with Crippen LogP contribution < -0.4 is 4.74 Å². The number of imide groups is 1. The van der Waals surface area contributed by atoms with Crippen LogP contribution in [0.2, 0.25) is 0 Å². The molecule has 0 radical (unpaired) electrons. The smallest absolute Gasteiger partial charge is 0.261 e. The second kappa shape index (κ2) is 9.80. The lowest BCUT2D eigenvalue weighted by Crippen LogP contribution is -2.46. The van der Waals surface area contributed by atoms with Gasteiger partial charge in [-0.1, -0.05) is 30.3 Å². The molecule has 2 heterocycles. The van der Waals surface area contributed by atoms with Crippen molar-refractivity contribution in [1.82, 2.24) is 9.80 Å². The number of nitrogens with zero attached hydrogens (tertiary/aromatic N) is 2. The zero-order chi connectivity index (χ0) is 24.5. The largest absolute Gasteiger partial charge is 0.491 e. The maximum Gasteiger partial charge on any atom is 0.261 e. The third kappa shape index (κ3) is 4.81. The molecule has 6 heteroatoms. The van der Waals surface area contributed by atoms with Crippen molar-refractivity contribution in [3.05, 3.63) is 76.9 Å². The molecule has 0 saturated carbocycles. The van der Waals surface area contributed by atoms with E-state index in [9.17, 15) is 14.7 Å². The molecule has 2 aliphatic rings. The lowest BCUT2D eigenvalue weighted by atomic mass is 9.91. The molecule has 0 aliphatic carbocycles. The molecule has 0 bridgehead atoms. The molecule has 5 rings (SSSR count). The van der Waals surface area contributed by atoms with Crippen molar-refractivity contribution in [2.24, 2.45) is 5.92 Å². The summed E-state index contributed by atoms with van der Waals surface area (Å²) < 4.78 is 5.78. The van der Waals surface area contributed by atoms with Gasteiger partial charge >= 0.3 is 0 Å². The fraction of sp³-hybridized carbons (Fsp3) is 0.379. The Morgan fingerprint density at radius 1 is 0.943 bits per heavy atom. The van der Waals surface area contributed by atoms with Crippen molar-refractivity contribution >= 4 is 22.6 Å². The average molecular weight is 473 g/mol. The summed E-state index contributed by atoms with van der Waals surface area (Å²) in [5, 5.41) is 12.2. The number of piperidine rings is 1. The molecule has 6 nitrogen and oxygen atoms in total. The molecule has 1 N–H and O–H groups in total. The van der Waals surface area contributed by atoms with Gasteiger partial charge in [0.2, 0.25) is 0 Å². The highest BCUT2D eigenvalue weighted by Gasteiger charge is 2.34. The van der Waals surface area contributed by atoms with Gasteiger partial charge < -0.3 is 14.7 Å². The summed E-state index contributed by atoms with van der Waals surface area (Å²) in [5.74, 6) is 0.646. The number of aryl methyl sites for hydroxylation is 2. The van der Waals surface area contributed by atoms with Gasteiger partial charge in [-0.25, -0.2) is 0 Å². The second-order valence-corrected chi connectivity index (χ2v) is 9.89. The van der Waals surface area contributed by atoms with E-state index >= 15 is 0 Å². The number of aliphatic hydroxyl groups excluding tert-OH is 1. The Bertz CT molecular complexity index is 1210. The Morgan fingerprint density at radius 2 is 1.60 bits per heavy atom. The van der Waals surface area contributed by atoms with Crippen LogP contribution in [0.3, 0.4) is 0 Å². The third-order valence-corrected chi connectivity index (χ3v) is 7.39. The summed E-state index contributed by atoms with van der Waals surface area (Å²) in [5.41, 5.74) is 3.61. The summed E-state index contributed by atoms with van der Waals surface area (Å²) >= 11 is 0. The maximum atomic E-state index is 13.2. The van der Waals surface area contributed by atoms with Crippen molar-refractivity contribution in [3.8, 4) is 5.75 Å². The van der Waals surface area contributed by atoms with E-state index in [-0.39, 0.29) is 24.3 Å². The minimum atomic E-state index is -0.574. The van der Waals surface area contributed by atoms with Crippen molar-refractivity contribution in [1.29, 1.82) is 0 Å². The topological polar surface area (TPSA) is 70.1 Å². The number of aliphatic hydroxyl groups is 1. The number of hydrogen-bond acceptors (Lipinski definition) is 5. The van der Waals surface area contributed by atoms with Crippen LogP contribution >= 0.6 is 0 Å². The fourth-order valence-electron chi connectivity index (χ4n) is 5.20. The zero-order valence-corrected chi connectivity index (χ0v) is 20.4. The average Bonchev–Trinajstić information content (AvgIpc) is 2.86. The molecular formula is C29H32N2O4. The second-order valence-electron chi connectivity index (χ2n) is 9.89. The number of benzene rings is 3. The Hall–Kier alpha value is -3.22. The maximum absolute atomic E-state index is 13.2. The predicted octanol–water partition coefficient (Wildman–Crippen LogP) is 4.20. The van der Waals surface area contributed by atoms with Crippen LogP contribution in [0.1, 0.15) is 44.7 Å². The molecule has 3 aromatic carbocycles. The number of likely N-dealkylation sites (tertiary alicyclic amines) is 1. The first kappa shape index (κ1) is 23.5. The molecule has 1 fully saturated rings. The quantitative estimate of drug-likeness (QED) is 0.522. The molecule has 3 aromatic rings. The van der Waals surface area contributed by atoms with E-state index in [1.807, 2.05) is 61.5 Å². The minimum absolute atomic E-state index is 0.194. The molecule has 182 valence electrons. The Balaban J connectivity index is 1.14. The number of amides is 2. The van der Waals surface area contributed by atoms with E-state index in [1.54, 1.807) is 0 Å². The van der Waals surface area contributed by atoms with Crippen molar-refractivity contribution in [2.75, 3.05) is 32.8 Å². The van der Waals surface area contributed by atoms with Gasteiger partial charge in [-0.2, -0.15) is 0 Å². The molecular weight excluding hydrogens is 440 g/mol. The van der Waals surface area contributed by atoms with Crippen LogP contribution in [-0.2, 0) is 0 Å². The molecule has 0 spiro atoms. The lowest BCUT2D eigenvalue weighted by Gasteiger charge is -2.36. The third-order valence-electron chi connectivity index (χ3n) is 7.39. The normalized spacial score (nSPS) is 17.7. The molecule has 0 unspecified atom stereocenters. The summed E-state index contributed by atoms with van der Waals surface area (Å²) in [4.78, 5) is 30.0. The van der Waals surface area contributed by atoms with E-state index in [1.165, 1.54) is 16.0 Å². The van der Waals surface area contributed by atoms with Crippen LogP contribution in [0.4, 0.5) is 0 Å². The van der Waals surface area contributed by atoms with E-state index in [2.05, 4.69) is 11.8 Å². The standard InChI is InChI=1S/C29H32N2O4/c1-19-9-10-24(15-20(19)2)35-18-23(32)17-30-13-11-21(12-14-30)16-31-28(33)25-7-3-5-22-6-4-8-26(27(22)25)29(31)34/h3-10,15,21,23,32H,11-14,16-18H2,1-2H3/t23-/m1/s1. The van der Waals surface area contributed by atoms with E-state index in [0.29, 0.717) is 24.2 Å². The van der Waals surface area contributed by atoms with Crippen LogP contribution in [0.25, 0.3) is 10.8 Å². The summed E-state index contributed by atoms with van der Waals surface area (Å²) in [6.07, 6.45) is 1.19. The number of carbonyl (C=O) groups is 2. The number of hydrogen-bond donors (Lipinski definition) is 1. The molecule has 2 amide bonds. The molecule has 35 heavy (non-hydrogen) atoms. The van der Waals surface area contributed by atoms with Gasteiger partial charge in [0.15, 0.2) is 0 Å². The first-order chi connectivity index (χ1) is 16.9. The molecule has 1 saturated heterocycles. The number of β-amino-alcohol motifs (C(OH)–C–C–N with tert-alkyl or cyclic N) is 1. The number of ether oxygens (including phenoxy) is 1. The van der Waals surface area contributed by atoms with Gasteiger partial charge in [0.1, 0.15) is 18.5 Å². The summed E-state index contributed by atoms with van der Waals surface area (Å²) in [7, 11) is 0. The van der Waals surface area contributed by atoms with E-state index in [4.69, 9.17) is 4.74 Å². The number of rotatable bonds is 7. The van der Waals surface area contributed by atoms with Crippen LogP contribution in [-0.4, -0.2) is 65.6 Å². The van der Waals surface area contributed by atoms with Gasteiger partial charge in [0, 0.05) is 29.6 Å². The van der Waals surface area contributed by atoms with Crippen molar-refractivity contribution in [3.63, 3.8) is 0 Å². The Kier molecular flexibility index (Phi) is 6.58. The van der Waals surface area contributed by atoms with Crippen LogP contribution in [0.5, 0.6) is 5.75 Å². The summed E-state index contributed by atoms with van der Waals surface area (Å²) in [6, 6.07) is 17.2. The van der Waals surface area contributed by atoms with Crippen LogP contribution in [0, 0.1) is 19.8 Å². The van der Waals surface area contributed by atoms with Gasteiger partial charge in [-0.15, -0.1) is 0 Å². The van der Waals surface area contributed by atoms with Gasteiger partial charge in [0.25, 0.3) is 11.8 Å². The van der Waals surface area contributed by atoms with Gasteiger partial charge in [-0.05, 0) is 86.5 Å². The minimum Gasteiger partial charge on any atom is -0.491 e. The molecule has 2 aliphatic heterocycles. The molecule has 0 aromatic heterocycles. The highest BCUT2D eigenvalue weighted by Crippen LogP contribution is 2.31. The molecule has 1 atom stereocenters. The Morgan fingerprint density at radius 3 is 2.23 bits per heavy atom. The zero-order valence-electron chi connectivity index (χ0n) is 20.4. The van der Waals surface area contributed by atoms with Crippen molar-refractivity contribution < 1.29 is 19.4 Å². The highest BCUT2D eigenvalue weighted by molar-refractivity contribution is 6.25. The lowest BCUT2D eigenvalue weighted by molar-refractivity contribution is 0.0453. The fourth-order valence-corrected chi connectivity index (χ4v) is 5.20. The number of carbonyl (C=O) groups excluding carboxylic acids is 2. The van der Waals surface area contributed by atoms with E-state index in [0.717, 1.165) is 42.5 Å². The SMILES string of the molecule is Cc1ccc(OC[C@H](O)CN2CCC(CN3C(=O)c4cccc5cccc(c45)C3=O)CC2)cc1C. The van der Waals surface area contributed by atoms with Crippen LogP contribution in [0.15, 0.2) is 54.6 Å². The van der Waals surface area contributed by atoms with Gasteiger partial charge in [-0.3, -0.25) is 14.5 Å². The first-order valence-corrected chi connectivity index (χ1v) is 12.4. The van der Waals surface area contributed by atoms with Crippen molar-refractivity contribution in [2.45, 2.75) is 32.8 Å². The summed E-state index contributed by atoms with van der Waals surface area (Å²) in [6.45, 7) is 7.01. The highest BCUT2D eigenvalue weighted by atomic mass is 16.5.